The fraction of sp³-hybridized carbons (Fsp3) is 0.0789. The van der Waals surface area contributed by atoms with Gasteiger partial charge in [0, 0.05) is 41.3 Å². The molecule has 2 nitrogen and oxygen atoms in total. The molecule has 4 heteroatoms. The average molecular weight is 575 g/mol. The van der Waals surface area contributed by atoms with E-state index in [1.165, 1.54) is 63.6 Å². The van der Waals surface area contributed by atoms with Crippen molar-refractivity contribution in [3.8, 4) is 28.1 Å². The molecule has 0 saturated heterocycles. The summed E-state index contributed by atoms with van der Waals surface area (Å²) in [5.41, 5.74) is 11.1. The summed E-state index contributed by atoms with van der Waals surface area (Å²) in [6.07, 6.45) is 2.02. The van der Waals surface area contributed by atoms with Crippen LogP contribution in [-0.2, 0) is 5.41 Å². The zero-order valence-electron chi connectivity index (χ0n) is 23.3. The van der Waals surface area contributed by atoms with Crippen LogP contribution in [0, 0.1) is 0 Å². The molecule has 0 atom stereocenters. The number of rotatable bonds is 2. The van der Waals surface area contributed by atoms with Crippen LogP contribution in [0.25, 0.3) is 49.9 Å². The van der Waals surface area contributed by atoms with Gasteiger partial charge in [-0.25, -0.2) is 0 Å². The summed E-state index contributed by atoms with van der Waals surface area (Å²) in [5, 5.41) is 2.55. The second kappa shape index (κ2) is 8.87. The molecule has 0 radical (unpaired) electrons. The average Bonchev–Trinajstić information content (AvgIpc) is 3.46. The van der Waals surface area contributed by atoms with Gasteiger partial charge < -0.3 is 4.57 Å². The lowest BCUT2D eigenvalue weighted by molar-refractivity contribution is 0.658. The normalized spacial score (nSPS) is 14.4. The molecule has 2 aliphatic rings. The number of benzene rings is 5. The maximum atomic E-state index is 4.89. The van der Waals surface area contributed by atoms with E-state index in [9.17, 15) is 0 Å². The van der Waals surface area contributed by atoms with E-state index in [2.05, 4.69) is 128 Å². The smallest absolute Gasteiger partial charge is 0.0703 e. The van der Waals surface area contributed by atoms with E-state index >= 15 is 0 Å². The first kappa shape index (κ1) is 24.4. The van der Waals surface area contributed by atoms with Crippen molar-refractivity contribution in [2.45, 2.75) is 38.8 Å². The standard InChI is InChI=1S/C38H26N2S2/c1-38(2)29-20-33-28(18-26(29)27-19-36-37(21-30(27)38)42-35-15-9-8-14-34(35)41-36)25-12-6-7-13-32(25)40(33)24-16-17-31(39-22-24)23-10-4-3-5-11-23/h3-22H,1-2H3. The molecule has 5 aromatic carbocycles. The van der Waals surface area contributed by atoms with Gasteiger partial charge in [0.05, 0.1) is 28.6 Å². The Morgan fingerprint density at radius 1 is 0.571 bits per heavy atom. The number of para-hydroxylation sites is 1. The third-order valence-electron chi connectivity index (χ3n) is 8.90. The van der Waals surface area contributed by atoms with Crippen molar-refractivity contribution in [1.82, 2.24) is 9.55 Å². The predicted molar refractivity (Wildman–Crippen MR) is 176 cm³/mol. The van der Waals surface area contributed by atoms with Gasteiger partial charge in [0.2, 0.25) is 0 Å². The van der Waals surface area contributed by atoms with Gasteiger partial charge in [-0.05, 0) is 76.9 Å². The fourth-order valence-electron chi connectivity index (χ4n) is 6.79. The lowest BCUT2D eigenvalue weighted by Gasteiger charge is -2.24. The van der Waals surface area contributed by atoms with E-state index in [-0.39, 0.29) is 5.41 Å². The summed E-state index contributed by atoms with van der Waals surface area (Å²) >= 11 is 3.80. The highest BCUT2D eigenvalue weighted by molar-refractivity contribution is 8.05. The molecule has 7 aromatic rings. The zero-order valence-corrected chi connectivity index (χ0v) is 24.9. The molecule has 0 N–H and O–H groups in total. The molecule has 0 saturated carbocycles. The van der Waals surface area contributed by atoms with Crippen LogP contribution < -0.4 is 0 Å². The van der Waals surface area contributed by atoms with E-state index in [4.69, 9.17) is 4.98 Å². The van der Waals surface area contributed by atoms with Gasteiger partial charge >= 0.3 is 0 Å². The van der Waals surface area contributed by atoms with Crippen molar-refractivity contribution < 1.29 is 0 Å². The molecule has 0 fully saturated rings. The minimum Gasteiger partial charge on any atom is -0.308 e. The van der Waals surface area contributed by atoms with Crippen LogP contribution in [0.5, 0.6) is 0 Å². The van der Waals surface area contributed by atoms with E-state index in [0.29, 0.717) is 0 Å². The van der Waals surface area contributed by atoms with Crippen molar-refractivity contribution in [1.29, 1.82) is 0 Å². The van der Waals surface area contributed by atoms with Gasteiger partial charge in [0.1, 0.15) is 0 Å². The number of fused-ring (bicyclic) bond motifs is 8. The Morgan fingerprint density at radius 3 is 2.00 bits per heavy atom. The Bertz CT molecular complexity index is 2210. The minimum absolute atomic E-state index is 0.104. The van der Waals surface area contributed by atoms with Gasteiger partial charge in [-0.3, -0.25) is 4.98 Å². The highest BCUT2D eigenvalue weighted by Crippen LogP contribution is 2.56. The van der Waals surface area contributed by atoms with E-state index in [0.717, 1.165) is 16.9 Å². The van der Waals surface area contributed by atoms with Crippen molar-refractivity contribution >= 4 is 45.3 Å². The van der Waals surface area contributed by atoms with Crippen LogP contribution in [0.4, 0.5) is 0 Å². The topological polar surface area (TPSA) is 17.8 Å². The summed E-state index contributed by atoms with van der Waals surface area (Å²) in [7, 11) is 0. The molecule has 0 bridgehead atoms. The maximum Gasteiger partial charge on any atom is 0.0703 e. The van der Waals surface area contributed by atoms with Gasteiger partial charge in [0.15, 0.2) is 0 Å². The van der Waals surface area contributed by atoms with E-state index in [1.807, 2.05) is 35.8 Å². The third kappa shape index (κ3) is 3.46. The second-order valence-corrected chi connectivity index (χ2v) is 13.8. The highest BCUT2D eigenvalue weighted by Gasteiger charge is 2.38. The van der Waals surface area contributed by atoms with Crippen molar-refractivity contribution in [2.24, 2.45) is 0 Å². The van der Waals surface area contributed by atoms with Crippen LogP contribution in [0.3, 0.4) is 0 Å². The molecule has 0 spiro atoms. The first-order valence-corrected chi connectivity index (χ1v) is 15.9. The minimum atomic E-state index is -0.104. The molecule has 1 aliphatic carbocycles. The lowest BCUT2D eigenvalue weighted by Crippen LogP contribution is -2.15. The predicted octanol–water partition coefficient (Wildman–Crippen LogP) is 10.8. The van der Waals surface area contributed by atoms with Gasteiger partial charge in [-0.1, -0.05) is 98.0 Å². The monoisotopic (exact) mass is 574 g/mol. The van der Waals surface area contributed by atoms with Crippen molar-refractivity contribution in [3.63, 3.8) is 0 Å². The van der Waals surface area contributed by atoms with Crippen molar-refractivity contribution in [3.05, 3.63) is 133 Å². The highest BCUT2D eigenvalue weighted by atomic mass is 32.2. The summed E-state index contributed by atoms with van der Waals surface area (Å²) in [4.78, 5) is 10.3. The Labute approximate surface area is 253 Å². The van der Waals surface area contributed by atoms with Crippen molar-refractivity contribution in [2.75, 3.05) is 0 Å². The third-order valence-corrected chi connectivity index (χ3v) is 11.4. The second-order valence-electron chi connectivity index (χ2n) is 11.7. The molecule has 200 valence electrons. The quantitative estimate of drug-likeness (QED) is 0.204. The molecule has 2 aromatic heterocycles. The van der Waals surface area contributed by atoms with Gasteiger partial charge in [-0.2, -0.15) is 0 Å². The fourth-order valence-corrected chi connectivity index (χ4v) is 9.07. The summed E-state index contributed by atoms with van der Waals surface area (Å²) in [6, 6.07) is 42.0. The van der Waals surface area contributed by atoms with Crippen LogP contribution in [-0.4, -0.2) is 9.55 Å². The van der Waals surface area contributed by atoms with Gasteiger partial charge in [0.25, 0.3) is 0 Å². The SMILES string of the molecule is CC1(C)c2cc3c(cc2-c2cc4c5ccccc5n(-c5ccc(-c6ccccc6)nc5)c4cc21)Sc1ccccc1S3. The largest absolute Gasteiger partial charge is 0.308 e. The molecule has 1 aliphatic heterocycles. The molecule has 0 amide bonds. The first-order chi connectivity index (χ1) is 20.6. The van der Waals surface area contributed by atoms with Crippen LogP contribution in [0.2, 0.25) is 0 Å². The molecular formula is C38H26N2S2. The zero-order chi connectivity index (χ0) is 28.0. The van der Waals surface area contributed by atoms with Gasteiger partial charge in [-0.15, -0.1) is 0 Å². The van der Waals surface area contributed by atoms with Crippen LogP contribution in [0.1, 0.15) is 25.0 Å². The van der Waals surface area contributed by atoms with E-state index < -0.39 is 0 Å². The lowest BCUT2D eigenvalue weighted by atomic mass is 9.82. The Hall–Kier alpha value is -4.25. The van der Waals surface area contributed by atoms with E-state index in [1.54, 1.807) is 0 Å². The van der Waals surface area contributed by atoms with Crippen LogP contribution >= 0.6 is 23.5 Å². The molecule has 42 heavy (non-hydrogen) atoms. The summed E-state index contributed by atoms with van der Waals surface area (Å²) in [6.45, 7) is 4.77. The maximum absolute atomic E-state index is 4.89. The number of hydrogen-bond acceptors (Lipinski definition) is 3. The Balaban J connectivity index is 1.24. The molecule has 0 unspecified atom stereocenters. The molecule has 9 rings (SSSR count). The van der Waals surface area contributed by atoms with Crippen LogP contribution in [0.15, 0.2) is 141 Å². The first-order valence-electron chi connectivity index (χ1n) is 14.3. The number of hydrogen-bond donors (Lipinski definition) is 0. The molecular weight excluding hydrogens is 549 g/mol. The molecule has 3 heterocycles. The Morgan fingerprint density at radius 2 is 1.24 bits per heavy atom. The number of aromatic nitrogens is 2. The Kier molecular flexibility index (Phi) is 5.15. The number of nitrogens with zero attached hydrogens (tertiary/aromatic N) is 2. The summed E-state index contributed by atoms with van der Waals surface area (Å²) in [5.74, 6) is 0. The number of pyridine rings is 1. The summed E-state index contributed by atoms with van der Waals surface area (Å²) < 4.78 is 2.39.